The number of H-pyrrole nitrogens is 1. The van der Waals surface area contributed by atoms with Crippen LogP contribution in [0.3, 0.4) is 0 Å². The Bertz CT molecular complexity index is 436. The molecule has 2 nitrogen and oxygen atoms in total. The molecule has 0 saturated heterocycles. The molecule has 0 amide bonds. The van der Waals surface area contributed by atoms with Crippen LogP contribution in [-0.4, -0.2) is 10.2 Å². The van der Waals surface area contributed by atoms with Crippen molar-refractivity contribution in [2.24, 2.45) is 0 Å². The third-order valence-corrected chi connectivity index (χ3v) is 3.52. The van der Waals surface area contributed by atoms with Gasteiger partial charge in [-0.1, -0.05) is 15.9 Å². The molecular weight excluding hydrogens is 331 g/mol. The predicted molar refractivity (Wildman–Crippen MR) is 61.2 cm³/mol. The molecule has 0 aliphatic heterocycles. The predicted octanol–water partition coefficient (Wildman–Crippen LogP) is 3.24. The van der Waals surface area contributed by atoms with Crippen LogP contribution in [-0.2, 0) is 0 Å². The molecule has 0 aliphatic rings. The summed E-state index contributed by atoms with van der Waals surface area (Å²) in [4.78, 5) is 0. The summed E-state index contributed by atoms with van der Waals surface area (Å²) in [6, 6.07) is 4.06. The van der Waals surface area contributed by atoms with Crippen LogP contribution >= 0.6 is 38.5 Å². The van der Waals surface area contributed by atoms with Crippen molar-refractivity contribution < 1.29 is 0 Å². The molecule has 0 aliphatic carbocycles. The van der Waals surface area contributed by atoms with Gasteiger partial charge in [0.15, 0.2) is 0 Å². The number of hydrogen-bond acceptors (Lipinski definition) is 1. The van der Waals surface area contributed by atoms with Gasteiger partial charge in [0.25, 0.3) is 0 Å². The lowest BCUT2D eigenvalue weighted by Crippen LogP contribution is -1.78. The maximum Gasteiger partial charge on any atom is 0.131 e. The second-order valence-corrected chi connectivity index (χ2v) is 4.49. The zero-order valence-electron chi connectivity index (χ0n) is 6.36. The van der Waals surface area contributed by atoms with E-state index in [1.807, 2.05) is 12.1 Å². The fourth-order valence-corrected chi connectivity index (χ4v) is 2.36. The van der Waals surface area contributed by atoms with Crippen molar-refractivity contribution in [2.75, 3.05) is 0 Å². The van der Waals surface area contributed by atoms with E-state index in [1.165, 1.54) is 10.9 Å². The van der Waals surface area contributed by atoms with Crippen LogP contribution in [0.2, 0.25) is 0 Å². The van der Waals surface area contributed by atoms with Crippen LogP contribution in [0.15, 0.2) is 16.6 Å². The average molecular weight is 337 g/mol. The highest BCUT2D eigenvalue weighted by atomic mass is 127. The Morgan fingerprint density at radius 1 is 1.50 bits per heavy atom. The van der Waals surface area contributed by atoms with E-state index >= 15 is 0 Å². The Morgan fingerprint density at radius 2 is 2.25 bits per heavy atom. The number of aryl methyl sites for hydroxylation is 1. The number of aromatic amines is 1. The van der Waals surface area contributed by atoms with E-state index in [9.17, 15) is 0 Å². The molecule has 1 aromatic heterocycles. The molecule has 12 heavy (non-hydrogen) atoms. The highest BCUT2D eigenvalue weighted by Crippen LogP contribution is 2.27. The Morgan fingerprint density at radius 3 is 3.00 bits per heavy atom. The highest BCUT2D eigenvalue weighted by molar-refractivity contribution is 14.1. The van der Waals surface area contributed by atoms with Gasteiger partial charge in [0.05, 0.1) is 5.52 Å². The van der Waals surface area contributed by atoms with Gasteiger partial charge in [-0.15, -0.1) is 0 Å². The van der Waals surface area contributed by atoms with E-state index in [4.69, 9.17) is 0 Å². The number of halogens is 2. The van der Waals surface area contributed by atoms with Gasteiger partial charge in [0.2, 0.25) is 0 Å². The van der Waals surface area contributed by atoms with Gasteiger partial charge in [0, 0.05) is 9.86 Å². The van der Waals surface area contributed by atoms with Crippen molar-refractivity contribution in [2.45, 2.75) is 6.92 Å². The molecule has 0 atom stereocenters. The van der Waals surface area contributed by atoms with Crippen molar-refractivity contribution in [3.05, 3.63) is 25.9 Å². The summed E-state index contributed by atoms with van der Waals surface area (Å²) < 4.78 is 2.16. The average Bonchev–Trinajstić information content (AvgIpc) is 2.41. The fraction of sp³-hybridized carbons (Fsp3) is 0.125. The molecule has 1 N–H and O–H groups in total. The van der Waals surface area contributed by atoms with Gasteiger partial charge in [0.1, 0.15) is 3.70 Å². The number of nitrogens with zero attached hydrogens (tertiary/aromatic N) is 1. The number of nitrogens with one attached hydrogen (secondary N) is 1. The van der Waals surface area contributed by atoms with Gasteiger partial charge >= 0.3 is 0 Å². The first-order chi connectivity index (χ1) is 5.70. The molecule has 2 rings (SSSR count). The lowest BCUT2D eigenvalue weighted by molar-refractivity contribution is 1.09. The maximum atomic E-state index is 4.14. The Balaban J connectivity index is 2.96. The first kappa shape index (κ1) is 8.50. The van der Waals surface area contributed by atoms with E-state index in [-0.39, 0.29) is 0 Å². The molecule has 1 heterocycles. The zero-order chi connectivity index (χ0) is 8.72. The summed E-state index contributed by atoms with van der Waals surface area (Å²) >= 11 is 5.72. The molecule has 0 fully saturated rings. The topological polar surface area (TPSA) is 28.7 Å². The molecule has 0 saturated carbocycles. The minimum absolute atomic E-state index is 1.03. The van der Waals surface area contributed by atoms with Gasteiger partial charge in [-0.05, 0) is 47.2 Å². The van der Waals surface area contributed by atoms with Gasteiger partial charge in [-0.3, -0.25) is 5.10 Å². The number of aromatic nitrogens is 2. The highest BCUT2D eigenvalue weighted by Gasteiger charge is 2.06. The molecule has 0 radical (unpaired) electrons. The van der Waals surface area contributed by atoms with Gasteiger partial charge in [-0.2, -0.15) is 5.10 Å². The Hall–Kier alpha value is -0.100. The fourth-order valence-electron chi connectivity index (χ4n) is 1.21. The molecule has 2 aromatic rings. The summed E-state index contributed by atoms with van der Waals surface area (Å²) in [5.74, 6) is 0. The van der Waals surface area contributed by atoms with Crippen LogP contribution in [0.25, 0.3) is 10.9 Å². The first-order valence-electron chi connectivity index (χ1n) is 3.49. The standard InChI is InChI=1S/C8H6BrIN2/c1-4-5(9)2-3-6-7(4)8(10)12-11-6/h2-3H,1H3,(H,11,12). The summed E-state index contributed by atoms with van der Waals surface area (Å²) in [5, 5.41) is 8.33. The van der Waals surface area contributed by atoms with Gasteiger partial charge < -0.3 is 0 Å². The molecule has 0 unspecified atom stereocenters. The third-order valence-electron chi connectivity index (χ3n) is 1.88. The lowest BCUT2D eigenvalue weighted by Gasteiger charge is -1.98. The summed E-state index contributed by atoms with van der Waals surface area (Å²) in [6.45, 7) is 2.09. The molecule has 62 valence electrons. The molecule has 0 bridgehead atoms. The normalized spacial score (nSPS) is 10.9. The second-order valence-electron chi connectivity index (χ2n) is 2.61. The molecule has 1 aromatic carbocycles. The molecular formula is C8H6BrIN2. The number of benzene rings is 1. The van der Waals surface area contributed by atoms with Crippen LogP contribution in [0.4, 0.5) is 0 Å². The second kappa shape index (κ2) is 2.99. The third kappa shape index (κ3) is 1.17. The number of hydrogen-bond donors (Lipinski definition) is 1. The van der Waals surface area contributed by atoms with Crippen molar-refractivity contribution >= 4 is 49.4 Å². The quantitative estimate of drug-likeness (QED) is 0.735. The van der Waals surface area contributed by atoms with Crippen molar-refractivity contribution in [1.29, 1.82) is 0 Å². The van der Waals surface area contributed by atoms with E-state index in [0.29, 0.717) is 0 Å². The monoisotopic (exact) mass is 336 g/mol. The van der Waals surface area contributed by atoms with Crippen LogP contribution in [0, 0.1) is 10.6 Å². The van der Waals surface area contributed by atoms with E-state index in [1.54, 1.807) is 0 Å². The summed E-state index contributed by atoms with van der Waals surface area (Å²) in [7, 11) is 0. The van der Waals surface area contributed by atoms with Gasteiger partial charge in [-0.25, -0.2) is 0 Å². The largest absolute Gasteiger partial charge is 0.277 e. The van der Waals surface area contributed by atoms with E-state index in [0.717, 1.165) is 13.7 Å². The lowest BCUT2D eigenvalue weighted by atomic mass is 10.1. The zero-order valence-corrected chi connectivity index (χ0v) is 10.1. The SMILES string of the molecule is Cc1c(Br)ccc2[nH]nc(I)c12. The van der Waals surface area contributed by atoms with E-state index < -0.39 is 0 Å². The Kier molecular flexibility index (Phi) is 2.12. The minimum atomic E-state index is 1.03. The minimum Gasteiger partial charge on any atom is -0.277 e. The maximum absolute atomic E-state index is 4.14. The van der Waals surface area contributed by atoms with Crippen molar-refractivity contribution in [1.82, 2.24) is 10.2 Å². The van der Waals surface area contributed by atoms with Crippen LogP contribution in [0.5, 0.6) is 0 Å². The van der Waals surface area contributed by atoms with Crippen LogP contribution in [0.1, 0.15) is 5.56 Å². The van der Waals surface area contributed by atoms with E-state index in [2.05, 4.69) is 55.6 Å². The Labute approximate surface area is 92.0 Å². The van der Waals surface area contributed by atoms with Crippen molar-refractivity contribution in [3.8, 4) is 0 Å². The molecule has 0 spiro atoms. The smallest absolute Gasteiger partial charge is 0.131 e. The van der Waals surface area contributed by atoms with Crippen molar-refractivity contribution in [3.63, 3.8) is 0 Å². The first-order valence-corrected chi connectivity index (χ1v) is 5.36. The number of fused-ring (bicyclic) bond motifs is 1. The molecule has 4 heteroatoms. The summed E-state index contributed by atoms with van der Waals surface area (Å²) in [5.41, 5.74) is 2.34. The van der Waals surface area contributed by atoms with Crippen LogP contribution < -0.4 is 0 Å². The number of rotatable bonds is 0. The summed E-state index contributed by atoms with van der Waals surface area (Å²) in [6.07, 6.45) is 0.